The van der Waals surface area contributed by atoms with Crippen molar-refractivity contribution in [3.63, 3.8) is 0 Å². The van der Waals surface area contributed by atoms with Gasteiger partial charge in [-0.15, -0.1) is 11.3 Å². The first-order valence-corrected chi connectivity index (χ1v) is 11.1. The summed E-state index contributed by atoms with van der Waals surface area (Å²) in [5.74, 6) is 0.298. The number of carbonyl (C=O) groups excluding carboxylic acids is 2. The van der Waals surface area contributed by atoms with Crippen molar-refractivity contribution in [3.05, 3.63) is 49.9 Å². The van der Waals surface area contributed by atoms with Gasteiger partial charge in [-0.2, -0.15) is 5.26 Å². The number of carbonyl (C=O) groups is 2. The first-order chi connectivity index (χ1) is 13.8. The number of nitriles is 1. The molecular formula is C22H18BrN3O2S. The number of nitrogens with zero attached hydrogens (tertiary/aromatic N) is 2. The van der Waals surface area contributed by atoms with Gasteiger partial charge in [-0.3, -0.25) is 9.59 Å². The molecule has 1 saturated heterocycles. The van der Waals surface area contributed by atoms with E-state index in [1.54, 1.807) is 0 Å². The molecule has 3 heterocycles. The van der Waals surface area contributed by atoms with Gasteiger partial charge in [-0.25, -0.2) is 0 Å². The highest BCUT2D eigenvalue weighted by Crippen LogP contribution is 2.47. The number of fused-ring (bicyclic) bond motifs is 4. The number of Topliss-reactive ketones (excluding diaryl/α,β-unsaturated/α-hetero) is 1. The van der Waals surface area contributed by atoms with Crippen LogP contribution < -0.4 is 4.90 Å². The topological polar surface area (TPSA) is 77.0 Å². The van der Waals surface area contributed by atoms with Gasteiger partial charge in [0.1, 0.15) is 16.7 Å². The average molecular weight is 468 g/mol. The molecule has 29 heavy (non-hydrogen) atoms. The van der Waals surface area contributed by atoms with Crippen molar-refractivity contribution in [2.75, 3.05) is 18.0 Å². The molecule has 7 heteroatoms. The van der Waals surface area contributed by atoms with Crippen LogP contribution >= 0.6 is 27.3 Å². The first kappa shape index (κ1) is 18.6. The maximum Gasteiger partial charge on any atom is 0.196 e. The highest BCUT2D eigenvalue weighted by Gasteiger charge is 2.41. The van der Waals surface area contributed by atoms with Crippen LogP contribution in [0.2, 0.25) is 0 Å². The summed E-state index contributed by atoms with van der Waals surface area (Å²) >= 11 is 5.02. The molecule has 0 amide bonds. The van der Waals surface area contributed by atoms with Crippen LogP contribution in [-0.4, -0.2) is 29.6 Å². The normalized spacial score (nSPS) is 17.9. The fourth-order valence-electron chi connectivity index (χ4n) is 4.50. The van der Waals surface area contributed by atoms with Crippen LogP contribution in [0.3, 0.4) is 0 Å². The predicted molar refractivity (Wildman–Crippen MR) is 117 cm³/mol. The molecule has 1 N–H and O–H groups in total. The SMILES string of the molecule is CC1(C)c2cc(N3CCC(=O)CC3)c(Br)cc2C(=O)c2c1[nH]c1cc(C#N)sc21. The molecule has 0 radical (unpaired) electrons. The lowest BCUT2D eigenvalue weighted by Crippen LogP contribution is -2.35. The number of aromatic amines is 1. The maximum absolute atomic E-state index is 13.5. The number of thiophene rings is 1. The Kier molecular flexibility index (Phi) is 4.03. The van der Waals surface area contributed by atoms with Gasteiger partial charge in [0.05, 0.1) is 21.5 Å². The third-order valence-electron chi connectivity index (χ3n) is 6.10. The fourth-order valence-corrected chi connectivity index (χ4v) is 6.05. The van der Waals surface area contributed by atoms with Crippen LogP contribution in [0.5, 0.6) is 0 Å². The quantitative estimate of drug-likeness (QED) is 0.551. The van der Waals surface area contributed by atoms with Crippen LogP contribution in [0.15, 0.2) is 22.7 Å². The van der Waals surface area contributed by atoms with Gasteiger partial charge in [0.25, 0.3) is 0 Å². The summed E-state index contributed by atoms with van der Waals surface area (Å²) in [4.78, 5) is 31.4. The largest absolute Gasteiger partial charge is 0.370 e. The van der Waals surface area contributed by atoms with Crippen molar-refractivity contribution in [2.24, 2.45) is 0 Å². The monoisotopic (exact) mass is 467 g/mol. The van der Waals surface area contributed by atoms with E-state index in [2.05, 4.69) is 51.8 Å². The Morgan fingerprint density at radius 1 is 1.21 bits per heavy atom. The molecule has 5 rings (SSSR count). The molecule has 0 spiro atoms. The number of anilines is 1. The summed E-state index contributed by atoms with van der Waals surface area (Å²) in [7, 11) is 0. The molecule has 1 fully saturated rings. The zero-order valence-electron chi connectivity index (χ0n) is 16.1. The van der Waals surface area contributed by atoms with E-state index >= 15 is 0 Å². The Labute approximate surface area is 180 Å². The number of nitrogens with one attached hydrogen (secondary N) is 1. The second kappa shape index (κ2) is 6.28. The van der Waals surface area contributed by atoms with Crippen LogP contribution in [0, 0.1) is 11.3 Å². The molecule has 0 unspecified atom stereocenters. The number of rotatable bonds is 1. The molecule has 1 aliphatic heterocycles. The molecule has 0 bridgehead atoms. The van der Waals surface area contributed by atoms with E-state index in [4.69, 9.17) is 0 Å². The highest BCUT2D eigenvalue weighted by molar-refractivity contribution is 9.10. The third kappa shape index (κ3) is 2.62. The Balaban J connectivity index is 1.68. The summed E-state index contributed by atoms with van der Waals surface area (Å²) in [6.07, 6.45) is 1.12. The van der Waals surface area contributed by atoms with E-state index in [-0.39, 0.29) is 11.2 Å². The molecular weight excluding hydrogens is 450 g/mol. The van der Waals surface area contributed by atoms with Crippen LogP contribution in [0.25, 0.3) is 10.2 Å². The summed E-state index contributed by atoms with van der Waals surface area (Å²) < 4.78 is 1.73. The van der Waals surface area contributed by atoms with E-state index in [0.717, 1.165) is 31.6 Å². The lowest BCUT2D eigenvalue weighted by atomic mass is 9.71. The molecule has 1 aliphatic carbocycles. The van der Waals surface area contributed by atoms with E-state index in [1.165, 1.54) is 11.3 Å². The molecule has 146 valence electrons. The van der Waals surface area contributed by atoms with Gasteiger partial charge < -0.3 is 9.88 Å². The lowest BCUT2D eigenvalue weighted by Gasteiger charge is -2.35. The molecule has 2 aromatic heterocycles. The summed E-state index contributed by atoms with van der Waals surface area (Å²) in [6, 6.07) is 8.01. The van der Waals surface area contributed by atoms with Gasteiger partial charge in [0.15, 0.2) is 5.78 Å². The highest BCUT2D eigenvalue weighted by atomic mass is 79.9. The summed E-state index contributed by atoms with van der Waals surface area (Å²) in [5, 5.41) is 9.22. The first-order valence-electron chi connectivity index (χ1n) is 9.52. The average Bonchev–Trinajstić information content (AvgIpc) is 3.25. The Bertz CT molecular complexity index is 1250. The maximum atomic E-state index is 13.5. The molecule has 5 nitrogen and oxygen atoms in total. The Morgan fingerprint density at radius 3 is 2.62 bits per heavy atom. The van der Waals surface area contributed by atoms with Crippen LogP contribution in [0.4, 0.5) is 5.69 Å². The molecule has 0 atom stereocenters. The van der Waals surface area contributed by atoms with Crippen molar-refractivity contribution in [3.8, 4) is 6.07 Å². The number of H-pyrrole nitrogens is 1. The number of ketones is 2. The summed E-state index contributed by atoms with van der Waals surface area (Å²) in [6.45, 7) is 5.65. The van der Waals surface area contributed by atoms with Gasteiger partial charge >= 0.3 is 0 Å². The number of piperidine rings is 1. The van der Waals surface area contributed by atoms with Crippen LogP contribution in [-0.2, 0) is 10.2 Å². The van der Waals surface area contributed by atoms with Crippen molar-refractivity contribution in [2.45, 2.75) is 32.1 Å². The van der Waals surface area contributed by atoms with E-state index in [9.17, 15) is 14.9 Å². The predicted octanol–water partition coefficient (Wildman–Crippen LogP) is 4.90. The number of halogens is 1. The zero-order valence-corrected chi connectivity index (χ0v) is 18.5. The van der Waals surface area contributed by atoms with E-state index in [1.807, 2.05) is 12.1 Å². The van der Waals surface area contributed by atoms with Gasteiger partial charge in [0, 0.05) is 47.1 Å². The number of hydrogen-bond donors (Lipinski definition) is 1. The van der Waals surface area contributed by atoms with E-state index < -0.39 is 0 Å². The molecule has 1 aromatic carbocycles. The van der Waals surface area contributed by atoms with Crippen molar-refractivity contribution < 1.29 is 9.59 Å². The van der Waals surface area contributed by atoms with Crippen molar-refractivity contribution in [1.82, 2.24) is 4.98 Å². The Morgan fingerprint density at radius 2 is 1.93 bits per heavy atom. The second-order valence-electron chi connectivity index (χ2n) is 8.17. The zero-order chi connectivity index (χ0) is 20.5. The van der Waals surface area contributed by atoms with Gasteiger partial charge in [0.2, 0.25) is 0 Å². The minimum Gasteiger partial charge on any atom is -0.370 e. The minimum atomic E-state index is -0.384. The fraction of sp³-hybridized carbons (Fsp3) is 0.318. The van der Waals surface area contributed by atoms with E-state index in [0.29, 0.717) is 47.7 Å². The van der Waals surface area contributed by atoms with Crippen molar-refractivity contribution >= 4 is 54.7 Å². The number of aromatic nitrogens is 1. The number of benzene rings is 1. The lowest BCUT2D eigenvalue weighted by molar-refractivity contribution is -0.119. The minimum absolute atomic E-state index is 0.00649. The van der Waals surface area contributed by atoms with Crippen molar-refractivity contribution in [1.29, 1.82) is 5.26 Å². The van der Waals surface area contributed by atoms with Gasteiger partial charge in [-0.05, 0) is 39.7 Å². The standard InChI is InChI=1S/C22H18BrN3O2S/c1-22(2)14-9-17(26-5-3-11(27)4-6-26)15(23)8-13(14)19(28)18-20-16(25-21(18)22)7-12(10-24)29-20/h7-9,25H,3-6H2,1-2H3. The molecule has 3 aromatic rings. The number of hydrogen-bond acceptors (Lipinski definition) is 5. The Hall–Kier alpha value is -2.43. The molecule has 2 aliphatic rings. The summed E-state index contributed by atoms with van der Waals surface area (Å²) in [5.41, 5.74) is 4.76. The second-order valence-corrected chi connectivity index (χ2v) is 10.1. The molecule has 0 saturated carbocycles. The van der Waals surface area contributed by atoms with Gasteiger partial charge in [-0.1, -0.05) is 13.8 Å². The smallest absolute Gasteiger partial charge is 0.196 e. The third-order valence-corrected chi connectivity index (χ3v) is 7.79. The van der Waals surface area contributed by atoms with Crippen LogP contribution in [0.1, 0.15) is 58.7 Å².